The van der Waals surface area contributed by atoms with E-state index in [0.717, 1.165) is 23.1 Å². The minimum atomic E-state index is -5.02. The molecule has 0 radical (unpaired) electrons. The number of fused-ring (bicyclic) bond motifs is 1. The van der Waals surface area contributed by atoms with Crippen LogP contribution < -0.4 is 14.2 Å². The molecule has 1 fully saturated rings. The third kappa shape index (κ3) is 5.65. The number of benzene rings is 2. The highest BCUT2D eigenvalue weighted by Crippen LogP contribution is 2.49. The monoisotopic (exact) mass is 585 g/mol. The molecule has 1 amide bonds. The van der Waals surface area contributed by atoms with Crippen molar-refractivity contribution in [2.45, 2.75) is 64.5 Å². The fourth-order valence-electron chi connectivity index (χ4n) is 5.73. The quantitative estimate of drug-likeness (QED) is 0.333. The molecular formula is C29H29F6NO5. The summed E-state index contributed by atoms with van der Waals surface area (Å²) in [4.78, 5) is 14.4. The predicted octanol–water partition coefficient (Wildman–Crippen LogP) is 8.01. The number of alkyl halides is 6. The first-order valence-corrected chi connectivity index (χ1v) is 13.0. The van der Waals surface area contributed by atoms with E-state index >= 15 is 0 Å². The number of rotatable bonds is 5. The Morgan fingerprint density at radius 3 is 2.17 bits per heavy atom. The molecule has 41 heavy (non-hydrogen) atoms. The molecule has 5 rings (SSSR count). The molecule has 2 aromatic carbocycles. The number of cyclic esters (lactones) is 1. The van der Waals surface area contributed by atoms with Crippen molar-refractivity contribution < 1.29 is 50.1 Å². The largest absolute Gasteiger partial charge is 0.496 e. The summed E-state index contributed by atoms with van der Waals surface area (Å²) in [5.74, 6) is 1.65. The summed E-state index contributed by atoms with van der Waals surface area (Å²) < 4.78 is 103. The maximum absolute atomic E-state index is 13.5. The maximum atomic E-state index is 13.5. The Hall–Kier alpha value is -3.57. The second-order valence-corrected chi connectivity index (χ2v) is 11.3. The van der Waals surface area contributed by atoms with E-state index in [-0.39, 0.29) is 30.4 Å². The molecule has 2 aliphatic heterocycles. The lowest BCUT2D eigenvalue weighted by molar-refractivity contribution is -0.143. The minimum Gasteiger partial charge on any atom is -0.496 e. The molecule has 12 heteroatoms. The van der Waals surface area contributed by atoms with Crippen molar-refractivity contribution in [3.8, 4) is 17.2 Å². The highest BCUT2D eigenvalue weighted by atomic mass is 19.4. The number of allylic oxidation sites excluding steroid dienone is 1. The van der Waals surface area contributed by atoms with Crippen LogP contribution in [0.15, 0.2) is 35.9 Å². The van der Waals surface area contributed by atoms with Crippen molar-refractivity contribution in [1.29, 1.82) is 0 Å². The van der Waals surface area contributed by atoms with Gasteiger partial charge in [0, 0.05) is 18.2 Å². The molecule has 0 aromatic heterocycles. The maximum Gasteiger partial charge on any atom is 0.416 e. The Balaban J connectivity index is 1.52. The van der Waals surface area contributed by atoms with Gasteiger partial charge in [0.1, 0.15) is 11.9 Å². The molecule has 2 heterocycles. The molecule has 6 nitrogen and oxygen atoms in total. The van der Waals surface area contributed by atoms with E-state index in [1.807, 2.05) is 6.07 Å². The van der Waals surface area contributed by atoms with Gasteiger partial charge in [-0.3, -0.25) is 4.90 Å². The highest BCUT2D eigenvalue weighted by Gasteiger charge is 2.44. The third-order valence-electron chi connectivity index (χ3n) is 7.88. The zero-order valence-electron chi connectivity index (χ0n) is 22.8. The SMILES string of the molecule is COc1cc2c(cc1C1=C(CN3C(=O)OC(c4cc(C(F)(F)F)cc(C(F)(F)F)c4)[C@@H]3C)CC(C)(C)CC1)OCO2. The second kappa shape index (κ2) is 10.1. The van der Waals surface area contributed by atoms with Crippen molar-refractivity contribution >= 4 is 11.7 Å². The van der Waals surface area contributed by atoms with Gasteiger partial charge in [-0.2, -0.15) is 26.3 Å². The van der Waals surface area contributed by atoms with E-state index in [9.17, 15) is 31.1 Å². The molecule has 1 aliphatic carbocycles. The van der Waals surface area contributed by atoms with Crippen LogP contribution in [0.3, 0.4) is 0 Å². The van der Waals surface area contributed by atoms with Gasteiger partial charge in [0.2, 0.25) is 6.79 Å². The second-order valence-electron chi connectivity index (χ2n) is 11.3. The number of halogens is 6. The van der Waals surface area contributed by atoms with E-state index in [1.165, 1.54) is 12.0 Å². The van der Waals surface area contributed by atoms with Gasteiger partial charge in [-0.05, 0) is 72.6 Å². The van der Waals surface area contributed by atoms with E-state index in [2.05, 4.69) is 13.8 Å². The molecule has 0 bridgehead atoms. The standard InChI is InChI=1S/C29H29F6NO5/c1-15-25(16-7-18(28(30,31)32)9-19(8-16)29(33,34)35)41-26(37)36(15)13-17-12-27(2,3)6-5-20(17)21-10-23-24(40-14-39-23)11-22(21)38-4/h7-11,15,25H,5-6,12-14H2,1-4H3/t15-,25?/m0/s1. The van der Waals surface area contributed by atoms with Gasteiger partial charge < -0.3 is 18.9 Å². The van der Waals surface area contributed by atoms with Crippen molar-refractivity contribution in [1.82, 2.24) is 4.90 Å². The number of carbonyl (C=O) groups excluding carboxylic acids is 1. The summed E-state index contributed by atoms with van der Waals surface area (Å²) in [5, 5.41) is 0. The fourth-order valence-corrected chi connectivity index (χ4v) is 5.73. The van der Waals surface area contributed by atoms with Crippen LogP contribution >= 0.6 is 0 Å². The molecule has 222 valence electrons. The van der Waals surface area contributed by atoms with E-state index < -0.39 is 41.7 Å². The van der Waals surface area contributed by atoms with Gasteiger partial charge in [-0.1, -0.05) is 13.8 Å². The first-order chi connectivity index (χ1) is 19.1. The molecular weight excluding hydrogens is 556 g/mol. The van der Waals surface area contributed by atoms with Gasteiger partial charge in [0.15, 0.2) is 11.5 Å². The fraction of sp³-hybridized carbons (Fsp3) is 0.483. The lowest BCUT2D eigenvalue weighted by Crippen LogP contribution is -2.35. The topological polar surface area (TPSA) is 57.2 Å². The lowest BCUT2D eigenvalue weighted by atomic mass is 9.72. The molecule has 3 aliphatic rings. The number of hydrogen-bond donors (Lipinski definition) is 0. The van der Waals surface area contributed by atoms with E-state index in [4.69, 9.17) is 18.9 Å². The smallest absolute Gasteiger partial charge is 0.416 e. The van der Waals surface area contributed by atoms with Gasteiger partial charge in [-0.25, -0.2) is 4.79 Å². The molecule has 0 saturated carbocycles. The Labute approximate surface area is 232 Å². The zero-order valence-corrected chi connectivity index (χ0v) is 22.8. The Morgan fingerprint density at radius 2 is 1.59 bits per heavy atom. The van der Waals surface area contributed by atoms with Crippen LogP contribution in [0.4, 0.5) is 31.1 Å². The van der Waals surface area contributed by atoms with Crippen LogP contribution in [-0.2, 0) is 17.1 Å². The molecule has 1 unspecified atom stereocenters. The summed E-state index contributed by atoms with van der Waals surface area (Å²) >= 11 is 0. The van der Waals surface area contributed by atoms with Crippen molar-refractivity contribution in [3.63, 3.8) is 0 Å². The lowest BCUT2D eigenvalue weighted by Gasteiger charge is -2.35. The van der Waals surface area contributed by atoms with Crippen LogP contribution in [0.1, 0.15) is 68.4 Å². The summed E-state index contributed by atoms with van der Waals surface area (Å²) in [6, 6.07) is 3.99. The normalized spacial score (nSPS) is 22.3. The number of hydrogen-bond acceptors (Lipinski definition) is 5. The zero-order chi connectivity index (χ0) is 29.9. The highest BCUT2D eigenvalue weighted by molar-refractivity contribution is 5.78. The number of ether oxygens (including phenoxy) is 4. The molecule has 2 atom stereocenters. The molecule has 1 saturated heterocycles. The molecule has 2 aromatic rings. The number of nitrogens with zero attached hydrogens (tertiary/aromatic N) is 1. The van der Waals surface area contributed by atoms with Crippen LogP contribution in [0, 0.1) is 5.41 Å². The minimum absolute atomic E-state index is 0.0582. The van der Waals surface area contributed by atoms with Crippen molar-refractivity contribution in [2.24, 2.45) is 5.41 Å². The Morgan fingerprint density at radius 1 is 0.976 bits per heavy atom. The third-order valence-corrected chi connectivity index (χ3v) is 7.88. The molecule has 0 spiro atoms. The van der Waals surface area contributed by atoms with Gasteiger partial charge in [-0.15, -0.1) is 0 Å². The van der Waals surface area contributed by atoms with Crippen molar-refractivity contribution in [3.05, 3.63) is 58.2 Å². The average molecular weight is 586 g/mol. The summed E-state index contributed by atoms with van der Waals surface area (Å²) in [6.07, 6.45) is -10.1. The van der Waals surface area contributed by atoms with Gasteiger partial charge in [0.05, 0.1) is 24.3 Å². The Bertz CT molecular complexity index is 1370. The van der Waals surface area contributed by atoms with Gasteiger partial charge in [0.25, 0.3) is 0 Å². The number of carbonyl (C=O) groups is 1. The first-order valence-electron chi connectivity index (χ1n) is 13.0. The van der Waals surface area contributed by atoms with Crippen molar-refractivity contribution in [2.75, 3.05) is 20.4 Å². The van der Waals surface area contributed by atoms with E-state index in [1.54, 1.807) is 13.0 Å². The molecule has 0 N–H and O–H groups in total. The number of methoxy groups -OCH3 is 1. The van der Waals surface area contributed by atoms with Gasteiger partial charge >= 0.3 is 18.4 Å². The predicted molar refractivity (Wildman–Crippen MR) is 136 cm³/mol. The summed E-state index contributed by atoms with van der Waals surface area (Å²) in [6.45, 7) is 5.90. The van der Waals surface area contributed by atoms with Crippen LogP contribution in [-0.4, -0.2) is 37.5 Å². The average Bonchev–Trinajstić information content (AvgIpc) is 3.45. The first kappa shape index (κ1) is 28.9. The van der Waals surface area contributed by atoms with Crippen LogP contribution in [0.5, 0.6) is 17.2 Å². The number of amides is 1. The summed E-state index contributed by atoms with van der Waals surface area (Å²) in [7, 11) is 1.53. The van der Waals surface area contributed by atoms with Crippen LogP contribution in [0.2, 0.25) is 0 Å². The van der Waals surface area contributed by atoms with E-state index in [0.29, 0.717) is 42.2 Å². The Kier molecular flexibility index (Phi) is 7.10. The van der Waals surface area contributed by atoms with Crippen LogP contribution in [0.25, 0.3) is 5.57 Å². The summed E-state index contributed by atoms with van der Waals surface area (Å²) in [5.41, 5.74) is -0.810.